The number of rotatable bonds is 9. The Balaban J connectivity index is 1.70. The van der Waals surface area contributed by atoms with Gasteiger partial charge in [0.15, 0.2) is 5.78 Å². The predicted molar refractivity (Wildman–Crippen MR) is 256 cm³/mol. The fraction of sp³-hybridized carbons (Fsp3) is 0.755. The van der Waals surface area contributed by atoms with Crippen molar-refractivity contribution in [2.45, 2.75) is 180 Å². The maximum atomic E-state index is 14.5. The van der Waals surface area contributed by atoms with Crippen LogP contribution >= 0.6 is 0 Å². The molecule has 3 aliphatic heterocycles. The van der Waals surface area contributed by atoms with Crippen molar-refractivity contribution >= 4 is 29.2 Å². The highest BCUT2D eigenvalue weighted by atomic mass is 16.6. The van der Waals surface area contributed by atoms with E-state index in [0.717, 1.165) is 12.0 Å². The Bertz CT molecular complexity index is 1810. The molecule has 0 aromatic rings. The van der Waals surface area contributed by atoms with Gasteiger partial charge in [-0.05, 0) is 107 Å². The second-order valence-electron chi connectivity index (χ2n) is 20.2. The van der Waals surface area contributed by atoms with Crippen molar-refractivity contribution in [2.24, 2.45) is 35.5 Å². The van der Waals surface area contributed by atoms with Gasteiger partial charge in [-0.25, -0.2) is 4.79 Å². The lowest BCUT2D eigenvalue weighted by molar-refractivity contribution is -0.265. The number of allylic oxidation sites excluding steroid dienone is 6. The number of piperidine rings is 1. The van der Waals surface area contributed by atoms with Crippen LogP contribution in [0.15, 0.2) is 47.6 Å². The van der Waals surface area contributed by atoms with E-state index < -0.39 is 77.8 Å². The van der Waals surface area contributed by atoms with E-state index in [1.807, 2.05) is 58.1 Å². The zero-order valence-electron chi connectivity index (χ0n) is 42.4. The first kappa shape index (κ1) is 57.2. The number of carbonyl (C=O) groups excluding carboxylic acids is 5. The normalized spacial score (nSPS) is 39.2. The molecular formula is C53H83NO14. The number of esters is 1. The van der Waals surface area contributed by atoms with Gasteiger partial charge in [-0.3, -0.25) is 19.2 Å². The number of carbonyl (C=O) groups is 5. The number of methoxy groups -OCH3 is 3. The van der Waals surface area contributed by atoms with Gasteiger partial charge in [0.2, 0.25) is 5.79 Å². The average Bonchev–Trinajstić information content (AvgIpc) is 3.32. The molecule has 15 heteroatoms. The molecule has 0 radical (unpaired) electrons. The van der Waals surface area contributed by atoms with Crippen LogP contribution < -0.4 is 0 Å². The summed E-state index contributed by atoms with van der Waals surface area (Å²) in [5.74, 6) is -7.96. The molecule has 0 aromatic heterocycles. The highest BCUT2D eigenvalue weighted by Gasteiger charge is 2.53. The maximum absolute atomic E-state index is 14.5. The molecule has 1 amide bonds. The summed E-state index contributed by atoms with van der Waals surface area (Å²) in [4.78, 5) is 72.1. The first-order chi connectivity index (χ1) is 32.3. The van der Waals surface area contributed by atoms with Crippen molar-refractivity contribution in [3.63, 3.8) is 0 Å². The number of aliphatic hydroxyl groups excluding tert-OH is 2. The second kappa shape index (κ2) is 27.3. The first-order valence-electron chi connectivity index (χ1n) is 25.0. The summed E-state index contributed by atoms with van der Waals surface area (Å²) in [6.07, 6.45) is 12.0. The molecular weight excluding hydrogens is 875 g/mol. The van der Waals surface area contributed by atoms with Crippen molar-refractivity contribution in [2.75, 3.05) is 41.1 Å². The molecule has 15 nitrogen and oxygen atoms in total. The number of nitrogens with zero attached hydrogens (tertiary/aromatic N) is 1. The SMILES string of the molecule is COC1C[C@@H]2CC[C@@H](C)[C@@](O)(O2)C(=O)C(=O)N2CCCC[C@H]2C(=O)O[C@H]([C@H](C)C[C@@H]2CC[C@@H](OCCO)[C@H](OC)C2)CC(=O)[C@H](C)/C=C(\C)[C@@H](O)C(OC)C(=O)[C@H](C)C[C@H](C)/C=C/C=C/C=C/1C. The Morgan fingerprint density at radius 1 is 0.853 bits per heavy atom. The van der Waals surface area contributed by atoms with Crippen molar-refractivity contribution in [3.8, 4) is 0 Å². The van der Waals surface area contributed by atoms with Crippen LogP contribution in [0, 0.1) is 35.5 Å². The molecule has 2 saturated heterocycles. The second-order valence-corrected chi connectivity index (χ2v) is 20.2. The van der Waals surface area contributed by atoms with Gasteiger partial charge < -0.3 is 48.6 Å². The number of cyclic esters (lactones) is 1. The quantitative estimate of drug-likeness (QED) is 0.134. The molecule has 1 saturated carbocycles. The molecule has 3 heterocycles. The van der Waals surface area contributed by atoms with Crippen molar-refractivity contribution in [3.05, 3.63) is 47.6 Å². The van der Waals surface area contributed by atoms with Crippen LogP contribution in [0.5, 0.6) is 0 Å². The van der Waals surface area contributed by atoms with Gasteiger partial charge in [0, 0.05) is 58.5 Å². The molecule has 0 aromatic carbocycles. The van der Waals surface area contributed by atoms with Crippen molar-refractivity contribution in [1.29, 1.82) is 0 Å². The number of ketones is 3. The fourth-order valence-corrected chi connectivity index (χ4v) is 10.5. The number of aliphatic hydroxyl groups is 3. The summed E-state index contributed by atoms with van der Waals surface area (Å²) in [5.41, 5.74) is 1.26. The van der Waals surface area contributed by atoms with Crippen LogP contribution in [-0.2, 0) is 52.4 Å². The Morgan fingerprint density at radius 3 is 2.26 bits per heavy atom. The minimum absolute atomic E-state index is 0.0158. The summed E-state index contributed by atoms with van der Waals surface area (Å²) in [7, 11) is 4.58. The molecule has 3 N–H and O–H groups in total. The summed E-state index contributed by atoms with van der Waals surface area (Å²) < 4.78 is 35.6. The summed E-state index contributed by atoms with van der Waals surface area (Å²) in [6, 6.07) is -1.14. The van der Waals surface area contributed by atoms with Gasteiger partial charge in [0.05, 0.1) is 37.6 Å². The van der Waals surface area contributed by atoms with Crippen LogP contribution in [0.2, 0.25) is 0 Å². The predicted octanol–water partition coefficient (Wildman–Crippen LogP) is 6.20. The van der Waals surface area contributed by atoms with E-state index in [1.54, 1.807) is 41.1 Å². The Morgan fingerprint density at radius 2 is 1.59 bits per heavy atom. The highest BCUT2D eigenvalue weighted by molar-refractivity contribution is 6.39. The molecule has 384 valence electrons. The van der Waals surface area contributed by atoms with Crippen LogP contribution in [-0.4, -0.2) is 145 Å². The van der Waals surface area contributed by atoms with E-state index in [9.17, 15) is 39.3 Å². The first-order valence-corrected chi connectivity index (χ1v) is 25.0. The molecule has 4 aliphatic rings. The van der Waals surface area contributed by atoms with Gasteiger partial charge in [-0.2, -0.15) is 0 Å². The lowest BCUT2D eigenvalue weighted by atomic mass is 9.78. The van der Waals surface area contributed by atoms with Gasteiger partial charge in [-0.15, -0.1) is 0 Å². The minimum atomic E-state index is -2.43. The molecule has 15 atom stereocenters. The third kappa shape index (κ3) is 15.3. The third-order valence-electron chi connectivity index (χ3n) is 14.9. The van der Waals surface area contributed by atoms with E-state index in [1.165, 1.54) is 12.0 Å². The van der Waals surface area contributed by atoms with Crippen molar-refractivity contribution < 1.29 is 67.7 Å². The van der Waals surface area contributed by atoms with Gasteiger partial charge in [-0.1, -0.05) is 71.1 Å². The molecule has 1 aliphatic carbocycles. The molecule has 2 bridgehead atoms. The van der Waals surface area contributed by atoms with Crippen LogP contribution in [0.25, 0.3) is 0 Å². The van der Waals surface area contributed by atoms with Crippen LogP contribution in [0.3, 0.4) is 0 Å². The van der Waals surface area contributed by atoms with Crippen LogP contribution in [0.1, 0.15) is 126 Å². The number of hydrogen-bond donors (Lipinski definition) is 3. The largest absolute Gasteiger partial charge is 0.460 e. The zero-order valence-corrected chi connectivity index (χ0v) is 42.4. The molecule has 2 unspecified atom stereocenters. The Labute approximate surface area is 405 Å². The van der Waals surface area contributed by atoms with E-state index in [-0.39, 0.29) is 74.1 Å². The van der Waals surface area contributed by atoms with E-state index >= 15 is 0 Å². The van der Waals surface area contributed by atoms with E-state index in [2.05, 4.69) is 0 Å². The summed E-state index contributed by atoms with van der Waals surface area (Å²) in [5, 5.41) is 32.8. The number of hydrogen-bond acceptors (Lipinski definition) is 14. The van der Waals surface area contributed by atoms with Crippen LogP contribution in [0.4, 0.5) is 0 Å². The highest BCUT2D eigenvalue weighted by Crippen LogP contribution is 2.38. The molecule has 68 heavy (non-hydrogen) atoms. The number of Topliss-reactive ketones (excluding diaryl/α,β-unsaturated/α-hetero) is 3. The standard InChI is InChI=1S/C53H83NO14/c1-32-16-12-11-13-17-33(2)44(63-8)30-40-21-19-38(7)53(62,68-40)50(59)51(60)54-23-15-14-18-41(54)52(61)67-45(35(4)28-39-20-22-43(66-25-24-55)46(29-39)64-9)31-42(56)34(3)27-37(6)48(58)49(65-10)47(57)36(5)26-32/h11-13,16-17,27,32,34-36,38-41,43-46,48-49,55,58,62H,14-15,18-26,28-31H2,1-10H3/b13-11+,16-12+,33-17+,37-27+/t32-,34-,35-,36-,38-,39+,40+,41+,43-,44?,45+,46-,48-,49?,53-/m1/s1. The zero-order chi connectivity index (χ0) is 50.3. The average molecular weight is 958 g/mol. The summed E-state index contributed by atoms with van der Waals surface area (Å²) in [6.45, 7) is 12.9. The van der Waals surface area contributed by atoms with Crippen molar-refractivity contribution in [1.82, 2.24) is 4.90 Å². The van der Waals surface area contributed by atoms with Gasteiger partial charge >= 0.3 is 5.97 Å². The summed E-state index contributed by atoms with van der Waals surface area (Å²) >= 11 is 0. The molecule has 3 fully saturated rings. The maximum Gasteiger partial charge on any atom is 0.329 e. The minimum Gasteiger partial charge on any atom is -0.460 e. The lowest BCUT2D eigenvalue weighted by Gasteiger charge is -2.42. The molecule has 0 spiro atoms. The molecule has 4 rings (SSSR count). The monoisotopic (exact) mass is 958 g/mol. The third-order valence-corrected chi connectivity index (χ3v) is 14.9. The number of ether oxygens (including phenoxy) is 6. The Hall–Kier alpha value is -3.41. The van der Waals surface area contributed by atoms with Gasteiger partial charge in [0.1, 0.15) is 30.1 Å². The van der Waals surface area contributed by atoms with Gasteiger partial charge in [0.25, 0.3) is 11.7 Å². The smallest absolute Gasteiger partial charge is 0.329 e. The number of fused-ring (bicyclic) bond motifs is 3. The fourth-order valence-electron chi connectivity index (χ4n) is 10.5. The van der Waals surface area contributed by atoms with E-state index in [4.69, 9.17) is 28.4 Å². The Kier molecular flexibility index (Phi) is 22.9. The number of amides is 1. The topological polar surface area (TPSA) is 205 Å². The lowest BCUT2D eigenvalue weighted by Crippen LogP contribution is -2.61. The van der Waals surface area contributed by atoms with E-state index in [0.29, 0.717) is 63.4 Å².